The molecule has 6 rings (SSSR count). The number of rotatable bonds is 10. The van der Waals surface area contributed by atoms with Crippen LogP contribution in [0.5, 0.6) is 0 Å². The van der Waals surface area contributed by atoms with Gasteiger partial charge in [0.15, 0.2) is 10.9 Å². The number of ether oxygens (including phenoxy) is 2. The molecule has 4 atom stereocenters. The Bertz CT molecular complexity index is 1420. The lowest BCUT2D eigenvalue weighted by atomic mass is 9.83. The lowest BCUT2D eigenvalue weighted by Gasteiger charge is -2.34. The van der Waals surface area contributed by atoms with Gasteiger partial charge in [0.1, 0.15) is 18.7 Å². The Labute approximate surface area is 266 Å². The number of methoxy groups -OCH3 is 1. The first-order valence-electron chi connectivity index (χ1n) is 15.8. The average Bonchev–Trinajstić information content (AvgIpc) is 3.81. The number of aromatic nitrogens is 1. The summed E-state index contributed by atoms with van der Waals surface area (Å²) in [4.78, 5) is 54.2. The predicted molar refractivity (Wildman–Crippen MR) is 169 cm³/mol. The minimum absolute atomic E-state index is 0.0425. The van der Waals surface area contributed by atoms with E-state index in [-0.39, 0.29) is 36.7 Å². The van der Waals surface area contributed by atoms with Crippen LogP contribution in [0.3, 0.4) is 0 Å². The fraction of sp³-hybridized carbons (Fsp3) is 0.613. The van der Waals surface area contributed by atoms with Gasteiger partial charge in [0.2, 0.25) is 5.91 Å². The van der Waals surface area contributed by atoms with Crippen LogP contribution in [0.25, 0.3) is 21.7 Å². The van der Waals surface area contributed by atoms with E-state index in [0.29, 0.717) is 5.56 Å². The number of anilines is 1. The van der Waals surface area contributed by atoms with Crippen LogP contribution in [0.2, 0.25) is 0 Å². The van der Waals surface area contributed by atoms with E-state index in [0.717, 1.165) is 87.8 Å². The number of nitrogens with one attached hydrogen (secondary N) is 1. The third-order valence-corrected chi connectivity index (χ3v) is 10.4. The number of carbonyl (C=O) groups excluding carboxylic acids is 3. The summed E-state index contributed by atoms with van der Waals surface area (Å²) in [5.41, 5.74) is 11.3. The molecule has 14 heteroatoms. The van der Waals surface area contributed by atoms with Crippen LogP contribution in [0.1, 0.15) is 42.5 Å². The zero-order chi connectivity index (χ0) is 31.3. The molecule has 1 aromatic carbocycles. The maximum absolute atomic E-state index is 14.0. The molecule has 0 unspecified atom stereocenters. The van der Waals surface area contributed by atoms with Crippen molar-refractivity contribution < 1.29 is 23.9 Å². The number of hydrogen-bond acceptors (Lipinski definition) is 10. The average molecular weight is 637 g/mol. The van der Waals surface area contributed by atoms with Gasteiger partial charge < -0.3 is 24.6 Å². The molecule has 0 radical (unpaired) electrons. The van der Waals surface area contributed by atoms with Gasteiger partial charge in [0, 0.05) is 67.8 Å². The van der Waals surface area contributed by atoms with Crippen molar-refractivity contribution in [3.05, 3.63) is 45.7 Å². The van der Waals surface area contributed by atoms with Crippen LogP contribution in [0, 0.1) is 5.92 Å². The molecule has 1 aromatic heterocycles. The maximum atomic E-state index is 14.0. The van der Waals surface area contributed by atoms with E-state index < -0.39 is 24.2 Å². The Balaban J connectivity index is 1.13. The van der Waals surface area contributed by atoms with E-state index in [1.54, 1.807) is 30.6 Å². The number of benzene rings is 1. The Hall–Kier alpha value is -3.55. The van der Waals surface area contributed by atoms with E-state index in [1.165, 1.54) is 4.90 Å². The number of likely N-dealkylation sites (tertiary alicyclic amines) is 1. The molecule has 3 saturated heterocycles. The minimum Gasteiger partial charge on any atom is -0.383 e. The second kappa shape index (κ2) is 14.3. The molecule has 4 heterocycles. The number of fused-ring (bicyclic) bond motifs is 1. The summed E-state index contributed by atoms with van der Waals surface area (Å²) in [6.07, 6.45) is 4.03. The van der Waals surface area contributed by atoms with E-state index >= 15 is 0 Å². The van der Waals surface area contributed by atoms with Crippen LogP contribution in [0.4, 0.5) is 5.13 Å². The van der Waals surface area contributed by atoms with Crippen LogP contribution < -0.4 is 10.2 Å². The third kappa shape index (κ3) is 6.85. The van der Waals surface area contributed by atoms with E-state index in [9.17, 15) is 14.4 Å². The first-order valence-corrected chi connectivity index (χ1v) is 16.7. The molecule has 240 valence electrons. The number of azide groups is 1. The van der Waals surface area contributed by atoms with Gasteiger partial charge in [-0.2, -0.15) is 0 Å². The zero-order valence-electron chi connectivity index (χ0n) is 25.5. The lowest BCUT2D eigenvalue weighted by Crippen LogP contribution is -2.55. The molecule has 2 aromatic rings. The summed E-state index contributed by atoms with van der Waals surface area (Å²) in [5.74, 6) is -0.903. The first kappa shape index (κ1) is 31.4. The van der Waals surface area contributed by atoms with Crippen molar-refractivity contribution in [2.45, 2.75) is 56.3 Å². The summed E-state index contributed by atoms with van der Waals surface area (Å²) in [6.45, 7) is 5.45. The van der Waals surface area contributed by atoms with Crippen molar-refractivity contribution in [3.8, 4) is 11.3 Å². The largest absolute Gasteiger partial charge is 0.383 e. The fourth-order valence-electron chi connectivity index (χ4n) is 6.99. The van der Waals surface area contributed by atoms with Crippen molar-refractivity contribution in [1.82, 2.24) is 20.1 Å². The maximum Gasteiger partial charge on any atom is 0.251 e. The molecule has 1 N–H and O–H groups in total. The molecule has 1 saturated carbocycles. The van der Waals surface area contributed by atoms with Crippen molar-refractivity contribution in [2.75, 3.05) is 64.5 Å². The van der Waals surface area contributed by atoms with Gasteiger partial charge in [-0.3, -0.25) is 19.3 Å². The van der Waals surface area contributed by atoms with E-state index in [2.05, 4.69) is 25.1 Å². The van der Waals surface area contributed by atoms with Gasteiger partial charge in [-0.1, -0.05) is 36.5 Å². The van der Waals surface area contributed by atoms with Crippen LogP contribution in [-0.4, -0.2) is 116 Å². The number of nitrogens with zero attached hydrogens (tertiary/aromatic N) is 7. The highest BCUT2D eigenvalue weighted by molar-refractivity contribution is 7.14. The molecule has 1 aliphatic carbocycles. The molecule has 0 bridgehead atoms. The molecule has 3 aliphatic heterocycles. The highest BCUT2D eigenvalue weighted by Crippen LogP contribution is 2.34. The molecular weight excluding hydrogens is 596 g/mol. The van der Waals surface area contributed by atoms with Crippen molar-refractivity contribution >= 4 is 34.1 Å². The Morgan fingerprint density at radius 2 is 1.93 bits per heavy atom. The number of piperazine rings is 1. The Morgan fingerprint density at radius 3 is 2.64 bits per heavy atom. The van der Waals surface area contributed by atoms with Crippen LogP contribution in [0.15, 0.2) is 34.8 Å². The third-order valence-electron chi connectivity index (χ3n) is 9.50. The highest BCUT2D eigenvalue weighted by Gasteiger charge is 2.53. The molecular formula is C31H40N8O5S. The summed E-state index contributed by atoms with van der Waals surface area (Å²) in [5, 5.41) is 9.86. The standard InChI is InChI=1S/C31H40N8O5S/c1-43-16-15-37-11-13-38(14-12-37)31-33-24(19-45-31)20-7-9-22(10-8-20)29(41)34-26(21-5-3-2-4-6-21)30(42)39-17-23(35-36-32)28-27(39)25(40)18-44-28/h7-10,19,21,23,26-28H,2-6,11-18H2,1H3,(H,34,41)/t23-,26-,27+,28-/m0/s1. The number of Topliss-reactive ketones (excluding diaryl/α,β-unsaturated/α-hetero) is 1. The molecule has 2 amide bonds. The molecule has 4 fully saturated rings. The SMILES string of the molecule is COCCN1CCN(c2nc(-c3ccc(C(=O)N[C@H](C(=O)N4C[C@H](N=[N+]=[N-])[C@@H]5OCC(=O)[C@H]54)C4CCCCC4)cc3)cs2)CC1. The van der Waals surface area contributed by atoms with Crippen LogP contribution in [-0.2, 0) is 19.1 Å². The summed E-state index contributed by atoms with van der Waals surface area (Å²) in [6, 6.07) is 5.08. The van der Waals surface area contributed by atoms with Crippen molar-refractivity contribution in [1.29, 1.82) is 0 Å². The van der Waals surface area contributed by atoms with Gasteiger partial charge in [-0.15, -0.1) is 11.3 Å². The normalized spacial score (nSPS) is 24.7. The summed E-state index contributed by atoms with van der Waals surface area (Å²) >= 11 is 1.62. The number of hydrogen-bond donors (Lipinski definition) is 1. The second-order valence-electron chi connectivity index (χ2n) is 12.2. The Morgan fingerprint density at radius 1 is 1.18 bits per heavy atom. The summed E-state index contributed by atoms with van der Waals surface area (Å²) in [7, 11) is 1.73. The molecule has 0 spiro atoms. The van der Waals surface area contributed by atoms with Gasteiger partial charge in [-0.05, 0) is 36.4 Å². The van der Waals surface area contributed by atoms with E-state index in [1.807, 2.05) is 17.5 Å². The number of thiazole rings is 1. The fourth-order valence-corrected chi connectivity index (χ4v) is 7.88. The van der Waals surface area contributed by atoms with Gasteiger partial charge >= 0.3 is 0 Å². The predicted octanol–water partition coefficient (Wildman–Crippen LogP) is 3.11. The first-order chi connectivity index (χ1) is 22.0. The van der Waals surface area contributed by atoms with E-state index in [4.69, 9.17) is 20.0 Å². The van der Waals surface area contributed by atoms with Gasteiger partial charge in [-0.25, -0.2) is 4.98 Å². The number of amides is 2. The quantitative estimate of drug-likeness (QED) is 0.237. The molecule has 4 aliphatic rings. The smallest absolute Gasteiger partial charge is 0.251 e. The van der Waals surface area contributed by atoms with Crippen molar-refractivity contribution in [2.24, 2.45) is 11.0 Å². The lowest BCUT2D eigenvalue weighted by molar-refractivity contribution is -0.139. The highest BCUT2D eigenvalue weighted by atomic mass is 32.1. The minimum atomic E-state index is -0.794. The Kier molecular flexibility index (Phi) is 9.96. The number of carbonyl (C=O) groups is 3. The van der Waals surface area contributed by atoms with Gasteiger partial charge in [0.05, 0.1) is 24.4 Å². The monoisotopic (exact) mass is 636 g/mol. The summed E-state index contributed by atoms with van der Waals surface area (Å²) < 4.78 is 10.8. The van der Waals surface area contributed by atoms with Crippen molar-refractivity contribution in [3.63, 3.8) is 0 Å². The topological polar surface area (TPSA) is 153 Å². The van der Waals surface area contributed by atoms with Crippen LogP contribution >= 0.6 is 11.3 Å². The zero-order valence-corrected chi connectivity index (χ0v) is 26.4. The molecule has 45 heavy (non-hydrogen) atoms. The molecule has 13 nitrogen and oxygen atoms in total. The number of ketones is 1. The van der Waals surface area contributed by atoms with Gasteiger partial charge in [0.25, 0.3) is 5.91 Å². The second-order valence-corrected chi connectivity index (χ2v) is 13.0.